The molecule has 0 saturated heterocycles. The molecule has 0 bridgehead atoms. The second kappa shape index (κ2) is 19.9. The fraction of sp³-hybridized carbons (Fsp3) is 0.533. The van der Waals surface area contributed by atoms with E-state index in [1.54, 1.807) is 75.5 Å². The van der Waals surface area contributed by atoms with Gasteiger partial charge < -0.3 is 39.0 Å². The third kappa shape index (κ3) is 11.8. The van der Waals surface area contributed by atoms with Crippen LogP contribution in [0, 0.1) is 0 Å². The summed E-state index contributed by atoms with van der Waals surface area (Å²) in [5.41, 5.74) is 2.58. The van der Waals surface area contributed by atoms with Gasteiger partial charge in [-0.15, -0.1) is 23.5 Å². The summed E-state index contributed by atoms with van der Waals surface area (Å²) in [5.74, 6) is -2.29. The molecule has 0 aliphatic carbocycles. The molecule has 0 amide bonds. The van der Waals surface area contributed by atoms with Crippen molar-refractivity contribution in [1.29, 1.82) is 0 Å². The highest BCUT2D eigenvalue weighted by molar-refractivity contribution is 8.05. The molecule has 20 heteroatoms. The average molecular weight is 799 g/mol. The van der Waals surface area contributed by atoms with Crippen molar-refractivity contribution in [2.24, 2.45) is 0 Å². The first-order valence-corrected chi connectivity index (χ1v) is 18.2. The molecule has 50 heavy (non-hydrogen) atoms. The molecule has 2 aromatic rings. The van der Waals surface area contributed by atoms with Gasteiger partial charge in [-0.25, -0.2) is 9.59 Å². The molecule has 0 atom stereocenters. The Morgan fingerprint density at radius 2 is 0.860 bits per heavy atom. The number of carbonyl (C=O) groups is 2. The Balaban J connectivity index is 0.000000748. The quantitative estimate of drug-likeness (QED) is 0.141. The lowest BCUT2D eigenvalue weighted by molar-refractivity contribution is -0.193. The number of thioether (sulfide) groups is 2. The number of alkyl halides is 6. The second-order valence-electron chi connectivity index (χ2n) is 10.4. The van der Waals surface area contributed by atoms with Gasteiger partial charge in [0, 0.05) is 22.9 Å². The van der Waals surface area contributed by atoms with Crippen LogP contribution in [0.15, 0.2) is 29.4 Å². The number of aliphatic carboxylic acids is 2. The van der Waals surface area contributed by atoms with E-state index in [0.717, 1.165) is 68.5 Å². The fourth-order valence-corrected chi connectivity index (χ4v) is 8.93. The highest BCUT2D eigenvalue weighted by Crippen LogP contribution is 2.63. The maximum atomic E-state index is 10.6. The minimum atomic E-state index is -5.08. The maximum absolute atomic E-state index is 10.6. The molecular weight excluding hydrogens is 759 g/mol. The number of ether oxygens (including phenoxy) is 4. The third-order valence-electron chi connectivity index (χ3n) is 6.48. The summed E-state index contributed by atoms with van der Waals surface area (Å²) in [6, 6.07) is 0. The van der Waals surface area contributed by atoms with Crippen molar-refractivity contribution >= 4 is 59.0 Å². The van der Waals surface area contributed by atoms with E-state index in [9.17, 15) is 26.3 Å². The van der Waals surface area contributed by atoms with Crippen LogP contribution in [0.1, 0.15) is 11.1 Å². The fourth-order valence-electron chi connectivity index (χ4n) is 4.28. The number of nitrogens with zero attached hydrogens (tertiary/aromatic N) is 2. The predicted octanol–water partition coefficient (Wildman–Crippen LogP) is 7.26. The number of likely N-dealkylation sites (N-methyl/N-ethyl adjacent to an activating group) is 2. The molecule has 0 unspecified atom stereocenters. The average Bonchev–Trinajstić information content (AvgIpc) is 3.03. The van der Waals surface area contributed by atoms with Crippen LogP contribution >= 0.6 is 47.0 Å². The van der Waals surface area contributed by atoms with E-state index in [2.05, 4.69) is 50.5 Å². The van der Waals surface area contributed by atoms with Gasteiger partial charge in [0.1, 0.15) is 0 Å². The smallest absolute Gasteiger partial charge is 0.490 e. The van der Waals surface area contributed by atoms with Crippen LogP contribution < -0.4 is 18.9 Å². The minimum absolute atomic E-state index is 0.799. The highest BCUT2D eigenvalue weighted by Gasteiger charge is 2.39. The van der Waals surface area contributed by atoms with Gasteiger partial charge in [-0.2, -0.15) is 26.3 Å². The minimum Gasteiger partial charge on any atom is -0.492 e. The lowest BCUT2D eigenvalue weighted by Gasteiger charge is -2.31. The number of fused-ring (bicyclic) bond motifs is 2. The van der Waals surface area contributed by atoms with Gasteiger partial charge >= 0.3 is 24.3 Å². The number of carboxylic acid groups (broad SMARTS) is 2. The van der Waals surface area contributed by atoms with Crippen molar-refractivity contribution in [3.63, 3.8) is 0 Å². The largest absolute Gasteiger partial charge is 0.492 e. The van der Waals surface area contributed by atoms with E-state index in [4.69, 9.17) is 38.7 Å². The summed E-state index contributed by atoms with van der Waals surface area (Å²) in [6.45, 7) is 1.88. The Morgan fingerprint density at radius 1 is 0.600 bits per heavy atom. The molecule has 2 aromatic carbocycles. The topological polar surface area (TPSA) is 118 Å². The van der Waals surface area contributed by atoms with Gasteiger partial charge in [-0.3, -0.25) is 0 Å². The number of halogens is 6. The first-order chi connectivity index (χ1) is 23.2. The van der Waals surface area contributed by atoms with Crippen LogP contribution in [0.2, 0.25) is 0 Å². The van der Waals surface area contributed by atoms with Crippen molar-refractivity contribution in [2.75, 3.05) is 82.2 Å². The Hall–Kier alpha value is -2.52. The number of rotatable bonds is 12. The molecule has 2 N–H and O–H groups in total. The van der Waals surface area contributed by atoms with Gasteiger partial charge in [-0.1, -0.05) is 23.5 Å². The Bertz CT molecular complexity index is 1380. The molecule has 284 valence electrons. The number of hydrogen-bond acceptors (Lipinski definition) is 12. The summed E-state index contributed by atoms with van der Waals surface area (Å²) in [6.07, 6.45) is -4.15. The molecule has 3 rings (SSSR count). The lowest BCUT2D eigenvalue weighted by atomic mass is 10.1. The van der Waals surface area contributed by atoms with Crippen LogP contribution in [-0.2, 0) is 22.4 Å². The standard InChI is InChI=1S/C26H38N2O4S4.2C2HF3O2/c1-27(2)13-11-15-21(33-9)17(29-5)19(31-7)25-23(15)35-26-20(32-8)18(30-6)22(34-10)16(24(26)36-25)12-14-28(3)4;2*3-2(4,5)1(6)7/h11-14H2,1-10H3;2*(H,6,7). The Morgan fingerprint density at radius 3 is 1.04 bits per heavy atom. The number of hydrogen-bond donors (Lipinski definition) is 2. The van der Waals surface area contributed by atoms with Crippen LogP contribution in [0.3, 0.4) is 0 Å². The molecule has 0 aromatic heterocycles. The summed E-state index contributed by atoms with van der Waals surface area (Å²) in [7, 11) is 15.4. The molecule has 10 nitrogen and oxygen atoms in total. The normalized spacial score (nSPS) is 12.2. The second-order valence-corrected chi connectivity index (χ2v) is 14.1. The zero-order valence-corrected chi connectivity index (χ0v) is 32.2. The zero-order chi connectivity index (χ0) is 38.7. The van der Waals surface area contributed by atoms with E-state index >= 15 is 0 Å². The van der Waals surface area contributed by atoms with Crippen LogP contribution in [0.25, 0.3) is 0 Å². The third-order valence-corrected chi connectivity index (χ3v) is 10.9. The molecule has 0 saturated carbocycles. The molecule has 1 aliphatic heterocycles. The van der Waals surface area contributed by atoms with Crippen molar-refractivity contribution in [2.45, 2.75) is 54.6 Å². The molecule has 0 fully saturated rings. The molecule has 0 spiro atoms. The summed E-state index contributed by atoms with van der Waals surface area (Å²) >= 11 is 6.96. The monoisotopic (exact) mass is 798 g/mol. The van der Waals surface area contributed by atoms with E-state index < -0.39 is 24.3 Å². The maximum Gasteiger partial charge on any atom is 0.490 e. The SMILES string of the molecule is COc1c(OC)c2c(c(CCN(C)C)c1SC)Sc1c(OC)c(OC)c(SC)c(CCN(C)C)c1S2.O=C(O)C(F)(F)F.O=C(O)C(F)(F)F. The number of carboxylic acids is 2. The summed E-state index contributed by atoms with van der Waals surface area (Å²) < 4.78 is 87.4. The van der Waals surface area contributed by atoms with Gasteiger partial charge in [0.05, 0.1) is 48.0 Å². The number of benzene rings is 2. The molecule has 0 radical (unpaired) electrons. The van der Waals surface area contributed by atoms with Crippen LogP contribution in [0.4, 0.5) is 26.3 Å². The van der Waals surface area contributed by atoms with E-state index in [0.29, 0.717) is 0 Å². The van der Waals surface area contributed by atoms with Crippen molar-refractivity contribution in [1.82, 2.24) is 9.80 Å². The Labute approximate surface area is 303 Å². The van der Waals surface area contributed by atoms with Crippen LogP contribution in [0.5, 0.6) is 23.0 Å². The zero-order valence-electron chi connectivity index (χ0n) is 29.0. The Kier molecular flexibility index (Phi) is 18.1. The van der Waals surface area contributed by atoms with Crippen LogP contribution in [-0.4, -0.2) is 127 Å². The van der Waals surface area contributed by atoms with Gasteiger partial charge in [0.2, 0.25) is 0 Å². The molecule has 1 aliphatic rings. The van der Waals surface area contributed by atoms with Gasteiger partial charge in [-0.05, 0) is 64.7 Å². The van der Waals surface area contributed by atoms with Crippen molar-refractivity contribution < 1.29 is 65.1 Å². The van der Waals surface area contributed by atoms with E-state index in [-0.39, 0.29) is 0 Å². The van der Waals surface area contributed by atoms with E-state index in [1.165, 1.54) is 20.9 Å². The molecular formula is C30H40F6N2O8S4. The van der Waals surface area contributed by atoms with Crippen molar-refractivity contribution in [3.05, 3.63) is 11.1 Å². The predicted molar refractivity (Wildman–Crippen MR) is 183 cm³/mol. The molecule has 1 heterocycles. The van der Waals surface area contributed by atoms with Gasteiger partial charge in [0.15, 0.2) is 23.0 Å². The summed E-state index contributed by atoms with van der Waals surface area (Å²) in [4.78, 5) is 29.1. The first kappa shape index (κ1) is 45.5. The summed E-state index contributed by atoms with van der Waals surface area (Å²) in [5, 5.41) is 14.2. The lowest BCUT2D eigenvalue weighted by Crippen LogP contribution is -2.21. The number of methoxy groups -OCH3 is 4. The van der Waals surface area contributed by atoms with Gasteiger partial charge in [0.25, 0.3) is 0 Å². The highest BCUT2D eigenvalue weighted by atomic mass is 32.2. The van der Waals surface area contributed by atoms with Crippen molar-refractivity contribution in [3.8, 4) is 23.0 Å². The first-order valence-electron chi connectivity index (χ1n) is 14.1. The van der Waals surface area contributed by atoms with E-state index in [1.807, 2.05) is 0 Å².